The van der Waals surface area contributed by atoms with Crippen LogP contribution in [0.15, 0.2) is 18.2 Å². The molecule has 0 spiro atoms. The van der Waals surface area contributed by atoms with E-state index in [0.29, 0.717) is 27.7 Å². The van der Waals surface area contributed by atoms with Crippen molar-refractivity contribution in [2.24, 2.45) is 7.05 Å². The molecule has 2 N–H and O–H groups in total. The molecule has 0 atom stereocenters. The Kier molecular flexibility index (Phi) is 5.78. The number of amides is 1. The largest absolute Gasteiger partial charge is 0.484 e. The molecule has 1 fully saturated rings. The molecule has 25 heavy (non-hydrogen) atoms. The van der Waals surface area contributed by atoms with E-state index >= 15 is 0 Å². The van der Waals surface area contributed by atoms with Gasteiger partial charge in [0, 0.05) is 19.0 Å². The van der Waals surface area contributed by atoms with Crippen LogP contribution < -0.4 is 15.4 Å². The van der Waals surface area contributed by atoms with Crippen LogP contribution in [0, 0.1) is 0 Å². The minimum absolute atomic E-state index is 0.159. The number of carbonyl (C=O) groups excluding carboxylic acids is 1. The predicted molar refractivity (Wildman–Crippen MR) is 96.4 cm³/mol. The molecule has 1 aliphatic rings. The van der Waals surface area contributed by atoms with Gasteiger partial charge in [-0.15, -0.1) is 0 Å². The SMILES string of the molecule is Cn1nc(C2CCNCC2)nc1NC(=O)COc1ccc(Cl)c(Cl)c1. The van der Waals surface area contributed by atoms with Crippen LogP contribution in [-0.4, -0.2) is 40.4 Å². The number of hydrogen-bond donors (Lipinski definition) is 2. The highest BCUT2D eigenvalue weighted by atomic mass is 35.5. The summed E-state index contributed by atoms with van der Waals surface area (Å²) < 4.78 is 7.00. The Morgan fingerprint density at radius 1 is 1.36 bits per heavy atom. The molecule has 1 aliphatic heterocycles. The monoisotopic (exact) mass is 383 g/mol. The van der Waals surface area contributed by atoms with Gasteiger partial charge in [-0.05, 0) is 38.1 Å². The maximum Gasteiger partial charge on any atom is 0.264 e. The molecule has 0 aliphatic carbocycles. The summed E-state index contributed by atoms with van der Waals surface area (Å²) in [6, 6.07) is 4.83. The van der Waals surface area contributed by atoms with Gasteiger partial charge in [-0.1, -0.05) is 23.2 Å². The molecule has 0 bridgehead atoms. The topological polar surface area (TPSA) is 81.1 Å². The second-order valence-electron chi connectivity index (χ2n) is 5.85. The van der Waals surface area contributed by atoms with Crippen molar-refractivity contribution < 1.29 is 9.53 Å². The molecule has 1 aromatic carbocycles. The Morgan fingerprint density at radius 3 is 2.84 bits per heavy atom. The van der Waals surface area contributed by atoms with Gasteiger partial charge in [0.1, 0.15) is 5.75 Å². The number of ether oxygens (including phenoxy) is 1. The molecule has 0 unspecified atom stereocenters. The lowest BCUT2D eigenvalue weighted by Crippen LogP contribution is -2.27. The summed E-state index contributed by atoms with van der Waals surface area (Å²) in [5.74, 6) is 1.66. The zero-order valence-electron chi connectivity index (χ0n) is 13.8. The average molecular weight is 384 g/mol. The first-order valence-electron chi connectivity index (χ1n) is 8.02. The highest BCUT2D eigenvalue weighted by Crippen LogP contribution is 2.26. The van der Waals surface area contributed by atoms with Crippen molar-refractivity contribution in [1.29, 1.82) is 0 Å². The van der Waals surface area contributed by atoms with Crippen molar-refractivity contribution >= 4 is 35.1 Å². The van der Waals surface area contributed by atoms with Gasteiger partial charge in [0.2, 0.25) is 5.95 Å². The summed E-state index contributed by atoms with van der Waals surface area (Å²) in [5, 5.41) is 11.3. The molecule has 1 saturated heterocycles. The number of benzene rings is 1. The number of aryl methyl sites for hydroxylation is 1. The quantitative estimate of drug-likeness (QED) is 0.829. The van der Waals surface area contributed by atoms with Crippen LogP contribution in [0.25, 0.3) is 0 Å². The first-order valence-corrected chi connectivity index (χ1v) is 8.78. The van der Waals surface area contributed by atoms with Crippen LogP contribution in [-0.2, 0) is 11.8 Å². The molecule has 134 valence electrons. The number of aromatic nitrogens is 3. The molecular weight excluding hydrogens is 365 g/mol. The van der Waals surface area contributed by atoms with E-state index < -0.39 is 0 Å². The fraction of sp³-hybridized carbons (Fsp3) is 0.438. The Morgan fingerprint density at radius 2 is 2.12 bits per heavy atom. The summed E-state index contributed by atoms with van der Waals surface area (Å²) in [5.41, 5.74) is 0. The lowest BCUT2D eigenvalue weighted by molar-refractivity contribution is -0.118. The normalized spacial score (nSPS) is 15.2. The fourth-order valence-corrected chi connectivity index (χ4v) is 2.93. The Bertz CT molecular complexity index is 759. The fourth-order valence-electron chi connectivity index (χ4n) is 2.64. The predicted octanol–water partition coefficient (Wildman–Crippen LogP) is 2.61. The first-order chi connectivity index (χ1) is 12.0. The van der Waals surface area contributed by atoms with Crippen molar-refractivity contribution in [3.8, 4) is 5.75 Å². The molecule has 2 heterocycles. The Hall–Kier alpha value is -1.83. The van der Waals surface area contributed by atoms with Gasteiger partial charge < -0.3 is 10.1 Å². The van der Waals surface area contributed by atoms with Crippen LogP contribution in [0.2, 0.25) is 10.0 Å². The van der Waals surface area contributed by atoms with E-state index in [-0.39, 0.29) is 12.5 Å². The molecule has 1 aromatic heterocycles. The molecule has 9 heteroatoms. The zero-order chi connectivity index (χ0) is 17.8. The van der Waals surface area contributed by atoms with Gasteiger partial charge in [-0.25, -0.2) is 4.68 Å². The third-order valence-corrected chi connectivity index (χ3v) is 4.73. The van der Waals surface area contributed by atoms with Crippen molar-refractivity contribution in [2.45, 2.75) is 18.8 Å². The molecule has 0 radical (unpaired) electrons. The van der Waals surface area contributed by atoms with E-state index in [9.17, 15) is 4.79 Å². The van der Waals surface area contributed by atoms with Gasteiger partial charge in [0.25, 0.3) is 5.91 Å². The van der Waals surface area contributed by atoms with Gasteiger partial charge >= 0.3 is 0 Å². The van der Waals surface area contributed by atoms with E-state index in [0.717, 1.165) is 31.8 Å². The number of rotatable bonds is 5. The average Bonchev–Trinajstić information content (AvgIpc) is 2.97. The van der Waals surface area contributed by atoms with E-state index in [4.69, 9.17) is 27.9 Å². The number of hydrogen-bond acceptors (Lipinski definition) is 5. The van der Waals surface area contributed by atoms with Gasteiger partial charge in [-0.3, -0.25) is 10.1 Å². The van der Waals surface area contributed by atoms with Crippen LogP contribution in [0.4, 0.5) is 5.95 Å². The number of nitrogens with zero attached hydrogens (tertiary/aromatic N) is 3. The summed E-state index contributed by atoms with van der Waals surface area (Å²) in [7, 11) is 1.76. The second kappa shape index (κ2) is 8.03. The van der Waals surface area contributed by atoms with Gasteiger partial charge in [-0.2, -0.15) is 10.1 Å². The lowest BCUT2D eigenvalue weighted by Gasteiger charge is -2.19. The van der Waals surface area contributed by atoms with Crippen molar-refractivity contribution in [3.05, 3.63) is 34.1 Å². The smallest absolute Gasteiger partial charge is 0.264 e. The van der Waals surface area contributed by atoms with Gasteiger partial charge in [0.05, 0.1) is 10.0 Å². The van der Waals surface area contributed by atoms with Gasteiger partial charge in [0.15, 0.2) is 12.4 Å². The van der Waals surface area contributed by atoms with E-state index in [1.165, 1.54) is 0 Å². The summed E-state index contributed by atoms with van der Waals surface area (Å²) in [6.45, 7) is 1.76. The lowest BCUT2D eigenvalue weighted by atomic mass is 9.98. The molecule has 1 amide bonds. The number of piperidine rings is 1. The standard InChI is InChI=1S/C16H19Cl2N5O2/c1-23-16(21-15(22-23)10-4-6-19-7-5-10)20-14(24)9-25-11-2-3-12(17)13(18)8-11/h2-3,8,10,19H,4-7,9H2,1H3,(H,20,21,22,24). The third-order valence-electron chi connectivity index (χ3n) is 4.00. The summed E-state index contributed by atoms with van der Waals surface area (Å²) in [6.07, 6.45) is 2.00. The minimum atomic E-state index is -0.321. The Labute approximate surface area is 155 Å². The summed E-state index contributed by atoms with van der Waals surface area (Å²) >= 11 is 11.8. The summed E-state index contributed by atoms with van der Waals surface area (Å²) in [4.78, 5) is 16.5. The Balaban J connectivity index is 1.57. The van der Waals surface area contributed by atoms with Crippen molar-refractivity contribution in [1.82, 2.24) is 20.1 Å². The van der Waals surface area contributed by atoms with E-state index in [2.05, 4.69) is 20.7 Å². The second-order valence-corrected chi connectivity index (χ2v) is 6.67. The molecule has 0 saturated carbocycles. The van der Waals surface area contributed by atoms with Crippen LogP contribution in [0.1, 0.15) is 24.6 Å². The molecule has 3 rings (SSSR count). The zero-order valence-corrected chi connectivity index (χ0v) is 15.3. The molecular formula is C16H19Cl2N5O2. The number of anilines is 1. The number of halogens is 2. The number of nitrogens with one attached hydrogen (secondary N) is 2. The van der Waals surface area contributed by atoms with E-state index in [1.807, 2.05) is 0 Å². The minimum Gasteiger partial charge on any atom is -0.484 e. The van der Waals surface area contributed by atoms with Crippen LogP contribution in [0.3, 0.4) is 0 Å². The maximum atomic E-state index is 12.1. The highest BCUT2D eigenvalue weighted by Gasteiger charge is 2.21. The molecule has 2 aromatic rings. The van der Waals surface area contributed by atoms with Crippen LogP contribution in [0.5, 0.6) is 5.75 Å². The van der Waals surface area contributed by atoms with Crippen molar-refractivity contribution in [2.75, 3.05) is 25.0 Å². The molecule has 7 nitrogen and oxygen atoms in total. The van der Waals surface area contributed by atoms with E-state index in [1.54, 1.807) is 29.9 Å². The third kappa shape index (κ3) is 4.62. The maximum absolute atomic E-state index is 12.1. The van der Waals surface area contributed by atoms with Crippen LogP contribution >= 0.6 is 23.2 Å². The first kappa shape index (κ1) is 18.0. The number of carbonyl (C=O) groups is 1. The van der Waals surface area contributed by atoms with Crippen molar-refractivity contribution in [3.63, 3.8) is 0 Å². The highest BCUT2D eigenvalue weighted by molar-refractivity contribution is 6.42.